The van der Waals surface area contributed by atoms with Gasteiger partial charge < -0.3 is 4.57 Å². The second-order valence-electron chi connectivity index (χ2n) is 14.0. The summed E-state index contributed by atoms with van der Waals surface area (Å²) in [6, 6.07) is 66.6. The number of rotatable bonds is 5. The highest BCUT2D eigenvalue weighted by Gasteiger charge is 2.20. The van der Waals surface area contributed by atoms with E-state index in [1.807, 2.05) is 42.6 Å². The molecule has 0 fully saturated rings. The summed E-state index contributed by atoms with van der Waals surface area (Å²) in [6.07, 6.45) is 1.82. The lowest BCUT2D eigenvalue weighted by Gasteiger charge is -2.14. The van der Waals surface area contributed by atoms with Crippen LogP contribution in [0.3, 0.4) is 0 Å². The topological polar surface area (TPSA) is 43.6 Å². The maximum atomic E-state index is 5.13. The van der Waals surface area contributed by atoms with Gasteiger partial charge in [-0.25, -0.2) is 9.97 Å². The van der Waals surface area contributed by atoms with Crippen LogP contribution in [0.4, 0.5) is 0 Å². The molecule has 0 saturated carbocycles. The molecule has 0 aliphatic carbocycles. The van der Waals surface area contributed by atoms with E-state index in [0.717, 1.165) is 45.0 Å². The number of hydrogen-bond donors (Lipinski definition) is 0. The van der Waals surface area contributed by atoms with E-state index in [1.165, 1.54) is 54.1 Å². The van der Waals surface area contributed by atoms with Gasteiger partial charge in [-0.1, -0.05) is 152 Å². The second kappa shape index (κ2) is 12.6. The van der Waals surface area contributed by atoms with Gasteiger partial charge in [0, 0.05) is 50.3 Å². The fourth-order valence-electron chi connectivity index (χ4n) is 8.30. The third-order valence-electron chi connectivity index (χ3n) is 10.8. The van der Waals surface area contributed by atoms with Crippen molar-refractivity contribution in [3.8, 4) is 50.8 Å². The van der Waals surface area contributed by atoms with Gasteiger partial charge in [0.15, 0.2) is 5.82 Å². The van der Waals surface area contributed by atoms with Gasteiger partial charge in [-0.05, 0) is 63.3 Å². The third kappa shape index (κ3) is 5.11. The lowest BCUT2D eigenvalue weighted by atomic mass is 9.93. The number of nitrogens with zero attached hydrogens (tertiary/aromatic N) is 4. The van der Waals surface area contributed by atoms with Gasteiger partial charge in [0.2, 0.25) is 0 Å². The van der Waals surface area contributed by atoms with Crippen LogP contribution in [0.15, 0.2) is 194 Å². The van der Waals surface area contributed by atoms with Gasteiger partial charge in [-0.3, -0.25) is 4.98 Å². The highest BCUT2D eigenvalue weighted by Crippen LogP contribution is 2.44. The summed E-state index contributed by atoms with van der Waals surface area (Å²) >= 11 is 0. The first kappa shape index (κ1) is 31.1. The van der Waals surface area contributed by atoms with Crippen LogP contribution in [0.5, 0.6) is 0 Å². The number of benzene rings is 8. The average molecular weight is 701 g/mol. The van der Waals surface area contributed by atoms with E-state index < -0.39 is 0 Å². The molecule has 0 bridgehead atoms. The fourth-order valence-corrected chi connectivity index (χ4v) is 8.30. The van der Waals surface area contributed by atoms with E-state index in [4.69, 9.17) is 9.97 Å². The minimum atomic E-state index is 0.694. The molecular weight excluding hydrogens is 669 g/mol. The zero-order chi connectivity index (χ0) is 36.3. The Morgan fingerprint density at radius 2 is 0.964 bits per heavy atom. The number of hydrogen-bond acceptors (Lipinski definition) is 3. The number of para-hydroxylation sites is 1. The molecule has 3 aromatic heterocycles. The molecular formula is C51H32N4. The predicted octanol–water partition coefficient (Wildman–Crippen LogP) is 13.1. The van der Waals surface area contributed by atoms with Gasteiger partial charge in [0.1, 0.15) is 0 Å². The fraction of sp³-hybridized carbons (Fsp3) is 0. The Labute approximate surface area is 317 Å². The van der Waals surface area contributed by atoms with E-state index in [-0.39, 0.29) is 0 Å². The van der Waals surface area contributed by atoms with Crippen molar-refractivity contribution in [3.63, 3.8) is 0 Å². The van der Waals surface area contributed by atoms with Crippen molar-refractivity contribution in [2.45, 2.75) is 0 Å². The lowest BCUT2D eigenvalue weighted by Crippen LogP contribution is -1.97. The van der Waals surface area contributed by atoms with Gasteiger partial charge in [0.05, 0.1) is 28.1 Å². The summed E-state index contributed by atoms with van der Waals surface area (Å²) in [6.45, 7) is 0. The molecule has 4 nitrogen and oxygen atoms in total. The van der Waals surface area contributed by atoms with Crippen LogP contribution in [0, 0.1) is 0 Å². The Morgan fingerprint density at radius 3 is 1.69 bits per heavy atom. The first-order valence-electron chi connectivity index (χ1n) is 18.6. The van der Waals surface area contributed by atoms with E-state index in [0.29, 0.717) is 5.82 Å². The van der Waals surface area contributed by atoms with E-state index in [1.54, 1.807) is 0 Å². The summed E-state index contributed by atoms with van der Waals surface area (Å²) in [4.78, 5) is 14.7. The monoisotopic (exact) mass is 700 g/mol. The molecule has 11 rings (SSSR count). The van der Waals surface area contributed by atoms with Crippen LogP contribution >= 0.6 is 0 Å². The van der Waals surface area contributed by atoms with E-state index in [9.17, 15) is 0 Å². The van der Waals surface area contributed by atoms with Crippen LogP contribution in [0.1, 0.15) is 0 Å². The Kier molecular flexibility index (Phi) is 7.14. The molecule has 4 heteroatoms. The number of fused-ring (bicyclic) bond motifs is 10. The van der Waals surface area contributed by atoms with Gasteiger partial charge >= 0.3 is 0 Å². The third-order valence-corrected chi connectivity index (χ3v) is 10.8. The maximum Gasteiger partial charge on any atom is 0.160 e. The van der Waals surface area contributed by atoms with Crippen LogP contribution in [-0.2, 0) is 0 Å². The Hall–Kier alpha value is -7.43. The Balaban J connectivity index is 1.09. The quantitative estimate of drug-likeness (QED) is 0.168. The molecule has 55 heavy (non-hydrogen) atoms. The molecule has 8 aromatic carbocycles. The van der Waals surface area contributed by atoms with Crippen LogP contribution in [-0.4, -0.2) is 19.5 Å². The van der Waals surface area contributed by atoms with Crippen LogP contribution in [0.2, 0.25) is 0 Å². The second-order valence-corrected chi connectivity index (χ2v) is 14.0. The van der Waals surface area contributed by atoms with Crippen molar-refractivity contribution >= 4 is 54.1 Å². The van der Waals surface area contributed by atoms with Crippen molar-refractivity contribution in [2.75, 3.05) is 0 Å². The van der Waals surface area contributed by atoms with Crippen molar-refractivity contribution in [2.24, 2.45) is 0 Å². The molecule has 3 heterocycles. The summed E-state index contributed by atoms with van der Waals surface area (Å²) in [5, 5.41) is 10.1. The van der Waals surface area contributed by atoms with Gasteiger partial charge in [-0.2, -0.15) is 0 Å². The maximum absolute atomic E-state index is 5.13. The number of aromatic nitrogens is 4. The summed E-state index contributed by atoms with van der Waals surface area (Å²) in [5.41, 5.74) is 10.3. The molecule has 0 aliphatic heterocycles. The smallest absolute Gasteiger partial charge is 0.160 e. The normalized spacial score (nSPS) is 11.6. The minimum absolute atomic E-state index is 0.694. The van der Waals surface area contributed by atoms with E-state index >= 15 is 0 Å². The summed E-state index contributed by atoms with van der Waals surface area (Å²) < 4.78 is 2.44. The van der Waals surface area contributed by atoms with Crippen molar-refractivity contribution in [3.05, 3.63) is 194 Å². The summed E-state index contributed by atoms with van der Waals surface area (Å²) in [5.74, 6) is 0.694. The highest BCUT2D eigenvalue weighted by molar-refractivity contribution is 6.36. The lowest BCUT2D eigenvalue weighted by molar-refractivity contribution is 1.17. The molecule has 0 unspecified atom stereocenters. The zero-order valence-corrected chi connectivity index (χ0v) is 29.8. The average Bonchev–Trinajstić information content (AvgIpc) is 3.62. The molecule has 0 saturated heterocycles. The first-order chi connectivity index (χ1) is 27.3. The molecule has 0 N–H and O–H groups in total. The molecule has 0 aliphatic rings. The Bertz CT molecular complexity index is 3220. The van der Waals surface area contributed by atoms with Crippen LogP contribution < -0.4 is 0 Å². The SMILES string of the molecule is c1ccc(-c2nc(-c3ccc(-c4ccccn4)cc3)cc(-c3ccc(-n4c5ccccc5c5c6ccc7ccccc7c6c6ccccc6c54)cc3)n2)cc1. The molecule has 0 atom stereocenters. The molecule has 256 valence electrons. The Morgan fingerprint density at radius 1 is 0.364 bits per heavy atom. The van der Waals surface area contributed by atoms with Crippen molar-refractivity contribution in [1.82, 2.24) is 19.5 Å². The molecule has 11 aromatic rings. The zero-order valence-electron chi connectivity index (χ0n) is 29.8. The predicted molar refractivity (Wildman–Crippen MR) is 228 cm³/mol. The highest BCUT2D eigenvalue weighted by atomic mass is 15.0. The van der Waals surface area contributed by atoms with Gasteiger partial charge in [0.25, 0.3) is 0 Å². The molecule has 0 amide bonds. The first-order valence-corrected chi connectivity index (χ1v) is 18.6. The standard InChI is InChI=1S/C51H32N4/c1-2-13-37(14-3-1)51-53-45(35-23-21-34(22-24-35)44-19-10-11-31-52-44)32-46(54-51)36-25-28-38(29-26-36)55-47-20-9-8-18-42(47)49-43-30-27-33-12-4-5-15-39(33)48(43)40-16-6-7-17-41(40)50(49)55/h1-32H. The van der Waals surface area contributed by atoms with Crippen molar-refractivity contribution < 1.29 is 0 Å². The van der Waals surface area contributed by atoms with Crippen molar-refractivity contribution in [1.29, 1.82) is 0 Å². The summed E-state index contributed by atoms with van der Waals surface area (Å²) in [7, 11) is 0. The largest absolute Gasteiger partial charge is 0.309 e. The van der Waals surface area contributed by atoms with E-state index in [2.05, 4.69) is 161 Å². The van der Waals surface area contributed by atoms with Crippen LogP contribution in [0.25, 0.3) is 105 Å². The molecule has 0 radical (unpaired) electrons. The van der Waals surface area contributed by atoms with Gasteiger partial charge in [-0.15, -0.1) is 0 Å². The molecule has 0 spiro atoms. The number of pyridine rings is 1. The minimum Gasteiger partial charge on any atom is -0.309 e.